The Balaban J connectivity index is 2.64. The van der Waals surface area contributed by atoms with E-state index in [-0.39, 0.29) is 0 Å². The van der Waals surface area contributed by atoms with Crippen molar-refractivity contribution in [3.63, 3.8) is 0 Å². The van der Waals surface area contributed by atoms with E-state index in [1.807, 2.05) is 12.1 Å². The van der Waals surface area contributed by atoms with E-state index in [1.165, 1.54) is 4.90 Å². The Hall–Kier alpha value is 0.290. The van der Waals surface area contributed by atoms with E-state index in [2.05, 4.69) is 42.1 Å². The quantitative estimate of drug-likeness (QED) is 0.719. The minimum atomic E-state index is 1.08. The molecule has 0 saturated heterocycles. The Morgan fingerprint density at radius 2 is 1.91 bits per heavy atom. The summed E-state index contributed by atoms with van der Waals surface area (Å²) in [7, 11) is 0. The summed E-state index contributed by atoms with van der Waals surface area (Å²) < 4.78 is 2.19. The van der Waals surface area contributed by atoms with Gasteiger partial charge in [0.1, 0.15) is 0 Å². The lowest BCUT2D eigenvalue weighted by Gasteiger charge is -2.00. The summed E-state index contributed by atoms with van der Waals surface area (Å²) in [5.74, 6) is 0. The smallest absolute Gasteiger partial charge is 0.0800 e. The highest BCUT2D eigenvalue weighted by molar-refractivity contribution is 9.11. The summed E-state index contributed by atoms with van der Waals surface area (Å²) in [6.45, 7) is 0. The summed E-state index contributed by atoms with van der Waals surface area (Å²) in [6, 6.07) is 4.02. The van der Waals surface area contributed by atoms with Crippen molar-refractivity contribution >= 4 is 49.5 Å². The maximum atomic E-state index is 3.46. The molecular weight excluding hydrogens is 292 g/mol. The molecular formula is C6H4Br2N2S. The van der Waals surface area contributed by atoms with Gasteiger partial charge in [0.05, 0.1) is 10.6 Å². The lowest BCUT2D eigenvalue weighted by Crippen LogP contribution is -2.04. The number of hydrazine groups is 1. The fourth-order valence-electron chi connectivity index (χ4n) is 0.877. The molecule has 0 atom stereocenters. The first kappa shape index (κ1) is 7.91. The van der Waals surface area contributed by atoms with Crippen LogP contribution in [0.15, 0.2) is 26.0 Å². The van der Waals surface area contributed by atoms with Crippen molar-refractivity contribution in [1.29, 1.82) is 0 Å². The average molecular weight is 296 g/mol. The first-order chi connectivity index (χ1) is 5.29. The van der Waals surface area contributed by atoms with Crippen molar-refractivity contribution in [2.45, 2.75) is 4.90 Å². The van der Waals surface area contributed by atoms with Crippen LogP contribution in [0.4, 0.5) is 5.69 Å². The van der Waals surface area contributed by atoms with Crippen LogP contribution in [0.5, 0.6) is 0 Å². The van der Waals surface area contributed by atoms with Crippen LogP contribution in [-0.4, -0.2) is 0 Å². The molecule has 0 unspecified atom stereocenters. The minimum absolute atomic E-state index is 1.08. The monoisotopic (exact) mass is 294 g/mol. The third-order valence-corrected chi connectivity index (χ3v) is 3.80. The van der Waals surface area contributed by atoms with Gasteiger partial charge < -0.3 is 5.43 Å². The number of rotatable bonds is 0. The number of benzene rings is 1. The molecule has 1 heterocycles. The van der Waals surface area contributed by atoms with Crippen LogP contribution in [0, 0.1) is 0 Å². The lowest BCUT2D eigenvalue weighted by molar-refractivity contribution is 1.24. The number of hydrogen-bond acceptors (Lipinski definition) is 3. The van der Waals surface area contributed by atoms with Crippen molar-refractivity contribution in [2.75, 3.05) is 5.43 Å². The predicted octanol–water partition coefficient (Wildman–Crippen LogP) is 3.15. The predicted molar refractivity (Wildman–Crippen MR) is 54.5 cm³/mol. The van der Waals surface area contributed by atoms with E-state index in [0.29, 0.717) is 0 Å². The number of halogens is 2. The minimum Gasteiger partial charge on any atom is -0.309 e. The van der Waals surface area contributed by atoms with Crippen molar-refractivity contribution in [3.8, 4) is 0 Å². The van der Waals surface area contributed by atoms with Crippen LogP contribution >= 0.6 is 43.8 Å². The number of nitrogens with one attached hydrogen (secondary N) is 2. The molecule has 0 aliphatic carbocycles. The van der Waals surface area contributed by atoms with Gasteiger partial charge >= 0.3 is 0 Å². The highest BCUT2D eigenvalue weighted by Gasteiger charge is 2.16. The SMILES string of the molecule is Brc1ccc(Br)c2c1NNS2. The second kappa shape index (κ2) is 2.97. The first-order valence-electron chi connectivity index (χ1n) is 2.95. The summed E-state index contributed by atoms with van der Waals surface area (Å²) in [4.78, 5) is 4.17. The maximum absolute atomic E-state index is 3.46. The fourth-order valence-corrected chi connectivity index (χ4v) is 2.69. The third-order valence-electron chi connectivity index (χ3n) is 1.39. The van der Waals surface area contributed by atoms with Crippen LogP contribution in [0.3, 0.4) is 0 Å². The van der Waals surface area contributed by atoms with Crippen LogP contribution in [0.2, 0.25) is 0 Å². The topological polar surface area (TPSA) is 24.1 Å². The Morgan fingerprint density at radius 3 is 2.64 bits per heavy atom. The normalized spacial score (nSPS) is 14.4. The molecule has 0 spiro atoms. The van der Waals surface area contributed by atoms with E-state index < -0.39 is 0 Å². The van der Waals surface area contributed by atoms with Gasteiger partial charge in [0.2, 0.25) is 0 Å². The van der Waals surface area contributed by atoms with Crippen LogP contribution in [-0.2, 0) is 0 Å². The third kappa shape index (κ3) is 1.30. The van der Waals surface area contributed by atoms with Gasteiger partial charge in [-0.15, -0.1) is 0 Å². The Labute approximate surface area is 85.5 Å². The fraction of sp³-hybridized carbons (Fsp3) is 0. The molecule has 1 aliphatic heterocycles. The molecule has 0 aromatic heterocycles. The van der Waals surface area contributed by atoms with Gasteiger partial charge in [-0.05, 0) is 55.9 Å². The van der Waals surface area contributed by atoms with Gasteiger partial charge in [0.25, 0.3) is 0 Å². The largest absolute Gasteiger partial charge is 0.309 e. The van der Waals surface area contributed by atoms with Gasteiger partial charge in [-0.1, -0.05) is 0 Å². The van der Waals surface area contributed by atoms with E-state index in [1.54, 1.807) is 11.9 Å². The highest BCUT2D eigenvalue weighted by atomic mass is 79.9. The van der Waals surface area contributed by atoms with E-state index in [4.69, 9.17) is 0 Å². The molecule has 0 amide bonds. The number of hydrogen-bond donors (Lipinski definition) is 2. The van der Waals surface area contributed by atoms with Crippen LogP contribution < -0.4 is 10.3 Å². The van der Waals surface area contributed by atoms with Crippen molar-refractivity contribution in [2.24, 2.45) is 0 Å². The van der Waals surface area contributed by atoms with Gasteiger partial charge in [-0.2, -0.15) is 4.83 Å². The molecule has 0 fully saturated rings. The maximum Gasteiger partial charge on any atom is 0.0800 e. The first-order valence-corrected chi connectivity index (χ1v) is 5.35. The van der Waals surface area contributed by atoms with Gasteiger partial charge in [-0.3, -0.25) is 0 Å². The summed E-state index contributed by atoms with van der Waals surface area (Å²) in [5, 5.41) is 0. The Bertz CT molecular complexity index is 274. The molecule has 58 valence electrons. The molecule has 0 radical (unpaired) electrons. The second-order valence-electron chi connectivity index (χ2n) is 2.06. The van der Waals surface area contributed by atoms with Gasteiger partial charge in [-0.25, -0.2) is 0 Å². The van der Waals surface area contributed by atoms with E-state index in [9.17, 15) is 0 Å². The highest BCUT2D eigenvalue weighted by Crippen LogP contribution is 2.41. The van der Waals surface area contributed by atoms with E-state index >= 15 is 0 Å². The molecule has 0 bridgehead atoms. The van der Waals surface area contributed by atoms with Crippen LogP contribution in [0.25, 0.3) is 0 Å². The van der Waals surface area contributed by atoms with Gasteiger partial charge in [0.15, 0.2) is 0 Å². The summed E-state index contributed by atoms with van der Waals surface area (Å²) >= 11 is 8.48. The molecule has 5 heteroatoms. The standard InChI is InChI=1S/C6H4Br2N2S/c7-3-1-2-4(8)6-5(3)9-10-11-6/h1-2,9-10H. The zero-order chi connectivity index (χ0) is 7.84. The zero-order valence-electron chi connectivity index (χ0n) is 5.32. The molecule has 2 N–H and O–H groups in total. The molecule has 2 nitrogen and oxygen atoms in total. The van der Waals surface area contributed by atoms with Crippen molar-refractivity contribution in [3.05, 3.63) is 21.1 Å². The lowest BCUT2D eigenvalue weighted by atomic mass is 10.3. The zero-order valence-corrected chi connectivity index (χ0v) is 9.31. The summed E-state index contributed by atoms with van der Waals surface area (Å²) in [5.41, 5.74) is 4.15. The molecule has 1 aromatic carbocycles. The molecule has 11 heavy (non-hydrogen) atoms. The van der Waals surface area contributed by atoms with Crippen LogP contribution in [0.1, 0.15) is 0 Å². The Kier molecular flexibility index (Phi) is 2.14. The van der Waals surface area contributed by atoms with Crippen molar-refractivity contribution in [1.82, 2.24) is 4.83 Å². The second-order valence-corrected chi connectivity index (χ2v) is 4.59. The number of anilines is 1. The average Bonchev–Trinajstić information content (AvgIpc) is 2.45. The molecule has 1 aliphatic rings. The van der Waals surface area contributed by atoms with E-state index in [0.717, 1.165) is 14.6 Å². The Morgan fingerprint density at radius 1 is 1.18 bits per heavy atom. The molecule has 1 aromatic rings. The van der Waals surface area contributed by atoms with Crippen molar-refractivity contribution < 1.29 is 0 Å². The molecule has 2 rings (SSSR count). The summed E-state index contributed by atoms with van der Waals surface area (Å²) in [6.07, 6.45) is 0. The number of fused-ring (bicyclic) bond motifs is 1. The molecule has 0 saturated carbocycles. The van der Waals surface area contributed by atoms with Gasteiger partial charge in [0, 0.05) is 8.95 Å².